The lowest BCUT2D eigenvalue weighted by Gasteiger charge is -2.16. The van der Waals surface area contributed by atoms with Gasteiger partial charge < -0.3 is 10.4 Å². The minimum Gasteiger partial charge on any atom is -0.508 e. The number of aromatic nitrogens is 1. The Balaban J connectivity index is 2.17. The fraction of sp³-hybridized carbons (Fsp3) is 0.214. The van der Waals surface area contributed by atoms with E-state index in [1.807, 2.05) is 38.1 Å². The molecule has 3 heteroatoms. The maximum atomic E-state index is 9.88. The maximum Gasteiger partial charge on any atom is 0.121 e. The molecule has 1 aromatic heterocycles. The van der Waals surface area contributed by atoms with E-state index in [9.17, 15) is 5.11 Å². The summed E-state index contributed by atoms with van der Waals surface area (Å²) in [5.74, 6) is 0.328. The number of hydrogen-bond donors (Lipinski definition) is 2. The van der Waals surface area contributed by atoms with Crippen LogP contribution in [0.25, 0.3) is 0 Å². The molecule has 0 radical (unpaired) electrons. The third-order valence-corrected chi connectivity index (χ3v) is 2.70. The summed E-state index contributed by atoms with van der Waals surface area (Å²) in [5, 5.41) is 13.2. The van der Waals surface area contributed by atoms with E-state index in [-0.39, 0.29) is 6.04 Å². The standard InChI is InChI=1S/C14H16N2O/c1-10-5-6-13(14(17)8-10)11(2)16-12-4-3-7-15-9-12/h3-9,11,16-17H,1-2H3. The molecule has 0 aliphatic carbocycles. The highest BCUT2D eigenvalue weighted by atomic mass is 16.3. The molecular formula is C14H16N2O. The van der Waals surface area contributed by atoms with E-state index >= 15 is 0 Å². The third kappa shape index (κ3) is 2.75. The highest BCUT2D eigenvalue weighted by molar-refractivity contribution is 5.46. The van der Waals surface area contributed by atoms with Gasteiger partial charge in [-0.25, -0.2) is 0 Å². The van der Waals surface area contributed by atoms with Crippen molar-refractivity contribution >= 4 is 5.69 Å². The van der Waals surface area contributed by atoms with Crippen molar-refractivity contribution in [2.75, 3.05) is 5.32 Å². The molecule has 1 aromatic carbocycles. The molecule has 88 valence electrons. The van der Waals surface area contributed by atoms with E-state index in [2.05, 4.69) is 10.3 Å². The zero-order valence-corrected chi connectivity index (χ0v) is 10.0. The summed E-state index contributed by atoms with van der Waals surface area (Å²) in [6, 6.07) is 9.59. The van der Waals surface area contributed by atoms with Crippen molar-refractivity contribution in [1.82, 2.24) is 4.98 Å². The first-order valence-corrected chi connectivity index (χ1v) is 5.63. The molecule has 17 heavy (non-hydrogen) atoms. The van der Waals surface area contributed by atoms with Crippen LogP contribution >= 0.6 is 0 Å². The van der Waals surface area contributed by atoms with Crippen molar-refractivity contribution in [3.8, 4) is 5.75 Å². The minimum atomic E-state index is 0.0415. The molecule has 1 unspecified atom stereocenters. The number of phenolic OH excluding ortho intramolecular Hbond substituents is 1. The number of pyridine rings is 1. The Morgan fingerprint density at radius 1 is 1.29 bits per heavy atom. The van der Waals surface area contributed by atoms with Gasteiger partial charge in [-0.2, -0.15) is 0 Å². The number of nitrogens with zero attached hydrogens (tertiary/aromatic N) is 1. The molecule has 0 saturated carbocycles. The predicted octanol–water partition coefficient (Wildman–Crippen LogP) is 3.27. The number of aromatic hydroxyl groups is 1. The van der Waals surface area contributed by atoms with E-state index < -0.39 is 0 Å². The fourth-order valence-electron chi connectivity index (χ4n) is 1.80. The molecule has 1 heterocycles. The van der Waals surface area contributed by atoms with Gasteiger partial charge in [-0.15, -0.1) is 0 Å². The summed E-state index contributed by atoms with van der Waals surface area (Å²) >= 11 is 0. The Kier molecular flexibility index (Phi) is 3.28. The van der Waals surface area contributed by atoms with Crippen LogP contribution in [-0.4, -0.2) is 10.1 Å². The molecule has 3 nitrogen and oxygen atoms in total. The lowest BCUT2D eigenvalue weighted by Crippen LogP contribution is -2.07. The van der Waals surface area contributed by atoms with Crippen LogP contribution in [0.4, 0.5) is 5.69 Å². The number of aryl methyl sites for hydroxylation is 1. The van der Waals surface area contributed by atoms with Crippen LogP contribution in [0, 0.1) is 6.92 Å². The van der Waals surface area contributed by atoms with Crippen molar-refractivity contribution < 1.29 is 5.11 Å². The van der Waals surface area contributed by atoms with Crippen LogP contribution < -0.4 is 5.32 Å². The Morgan fingerprint density at radius 2 is 2.12 bits per heavy atom. The molecule has 2 aromatic rings. The predicted molar refractivity (Wildman–Crippen MR) is 69.1 cm³/mol. The quantitative estimate of drug-likeness (QED) is 0.847. The Morgan fingerprint density at radius 3 is 2.76 bits per heavy atom. The van der Waals surface area contributed by atoms with E-state index in [4.69, 9.17) is 0 Å². The largest absolute Gasteiger partial charge is 0.508 e. The third-order valence-electron chi connectivity index (χ3n) is 2.70. The van der Waals surface area contributed by atoms with Crippen LogP contribution in [-0.2, 0) is 0 Å². The molecule has 2 N–H and O–H groups in total. The van der Waals surface area contributed by atoms with Crippen molar-refractivity contribution in [3.63, 3.8) is 0 Å². The normalized spacial score (nSPS) is 12.1. The summed E-state index contributed by atoms with van der Waals surface area (Å²) in [5.41, 5.74) is 2.89. The van der Waals surface area contributed by atoms with Crippen LogP contribution in [0.1, 0.15) is 24.1 Å². The maximum absolute atomic E-state index is 9.88. The molecule has 0 spiro atoms. The number of nitrogens with one attached hydrogen (secondary N) is 1. The van der Waals surface area contributed by atoms with Gasteiger partial charge in [-0.05, 0) is 37.6 Å². The second-order valence-corrected chi connectivity index (χ2v) is 4.17. The van der Waals surface area contributed by atoms with Gasteiger partial charge >= 0.3 is 0 Å². The van der Waals surface area contributed by atoms with Crippen molar-refractivity contribution in [2.24, 2.45) is 0 Å². The zero-order chi connectivity index (χ0) is 12.3. The van der Waals surface area contributed by atoms with Gasteiger partial charge in [0, 0.05) is 18.0 Å². The van der Waals surface area contributed by atoms with Gasteiger partial charge in [0.05, 0.1) is 11.7 Å². The first-order chi connectivity index (χ1) is 8.16. The van der Waals surface area contributed by atoms with Crippen LogP contribution in [0.5, 0.6) is 5.75 Å². The van der Waals surface area contributed by atoms with Gasteiger partial charge in [-0.3, -0.25) is 4.98 Å². The highest BCUT2D eigenvalue weighted by Gasteiger charge is 2.09. The second-order valence-electron chi connectivity index (χ2n) is 4.17. The van der Waals surface area contributed by atoms with Crippen LogP contribution in [0.15, 0.2) is 42.7 Å². The summed E-state index contributed by atoms with van der Waals surface area (Å²) < 4.78 is 0. The number of phenols is 1. The van der Waals surface area contributed by atoms with Gasteiger partial charge in [0.1, 0.15) is 5.75 Å². The molecule has 2 rings (SSSR count). The number of anilines is 1. The van der Waals surface area contributed by atoms with E-state index in [0.717, 1.165) is 16.8 Å². The second kappa shape index (κ2) is 4.87. The summed E-state index contributed by atoms with van der Waals surface area (Å²) in [6.45, 7) is 3.97. The van der Waals surface area contributed by atoms with E-state index in [1.54, 1.807) is 18.5 Å². The molecule has 0 aliphatic heterocycles. The van der Waals surface area contributed by atoms with Crippen molar-refractivity contribution in [1.29, 1.82) is 0 Å². The van der Waals surface area contributed by atoms with Gasteiger partial charge in [0.25, 0.3) is 0 Å². The SMILES string of the molecule is Cc1ccc(C(C)Nc2cccnc2)c(O)c1. The number of hydrogen-bond acceptors (Lipinski definition) is 3. The topological polar surface area (TPSA) is 45.2 Å². The number of benzene rings is 1. The first kappa shape index (κ1) is 11.5. The van der Waals surface area contributed by atoms with Gasteiger partial charge in [0.15, 0.2) is 0 Å². The molecule has 0 saturated heterocycles. The molecule has 0 amide bonds. The lowest BCUT2D eigenvalue weighted by molar-refractivity contribution is 0.465. The number of rotatable bonds is 3. The Bertz CT molecular complexity index is 497. The average molecular weight is 228 g/mol. The van der Waals surface area contributed by atoms with Crippen LogP contribution in [0.2, 0.25) is 0 Å². The summed E-state index contributed by atoms with van der Waals surface area (Å²) in [6.07, 6.45) is 3.50. The molecule has 0 fully saturated rings. The summed E-state index contributed by atoms with van der Waals surface area (Å²) in [4.78, 5) is 4.04. The summed E-state index contributed by atoms with van der Waals surface area (Å²) in [7, 11) is 0. The molecule has 0 bridgehead atoms. The first-order valence-electron chi connectivity index (χ1n) is 5.63. The lowest BCUT2D eigenvalue weighted by atomic mass is 10.0. The fourth-order valence-corrected chi connectivity index (χ4v) is 1.80. The zero-order valence-electron chi connectivity index (χ0n) is 10.0. The Hall–Kier alpha value is -2.03. The smallest absolute Gasteiger partial charge is 0.121 e. The van der Waals surface area contributed by atoms with Gasteiger partial charge in [0.2, 0.25) is 0 Å². The Labute approximate surface area is 101 Å². The van der Waals surface area contributed by atoms with E-state index in [0.29, 0.717) is 5.75 Å². The monoisotopic (exact) mass is 228 g/mol. The molecule has 1 atom stereocenters. The molecular weight excluding hydrogens is 212 g/mol. The van der Waals surface area contributed by atoms with E-state index in [1.165, 1.54) is 0 Å². The van der Waals surface area contributed by atoms with Crippen molar-refractivity contribution in [3.05, 3.63) is 53.9 Å². The van der Waals surface area contributed by atoms with Crippen molar-refractivity contribution in [2.45, 2.75) is 19.9 Å². The van der Waals surface area contributed by atoms with Crippen LogP contribution in [0.3, 0.4) is 0 Å². The molecule has 0 aliphatic rings. The minimum absolute atomic E-state index is 0.0415. The highest BCUT2D eigenvalue weighted by Crippen LogP contribution is 2.27. The van der Waals surface area contributed by atoms with Gasteiger partial charge in [-0.1, -0.05) is 12.1 Å². The average Bonchev–Trinajstić information content (AvgIpc) is 2.30.